The molecule has 24 rings (SSSR count). The van der Waals surface area contributed by atoms with E-state index in [1.54, 1.807) is 47.9 Å². The van der Waals surface area contributed by atoms with E-state index in [2.05, 4.69) is 207 Å². The summed E-state index contributed by atoms with van der Waals surface area (Å²) >= 11 is 1.81. The number of sulfone groups is 1. The van der Waals surface area contributed by atoms with Gasteiger partial charge in [0.05, 0.1) is 5.58 Å². The van der Waals surface area contributed by atoms with Crippen molar-refractivity contribution < 1.29 is 139 Å². The van der Waals surface area contributed by atoms with E-state index in [9.17, 15) is 8.42 Å². The summed E-state index contributed by atoms with van der Waals surface area (Å²) in [6, 6.07) is 104. The number of aromatic nitrogens is 7. The molecule has 0 atom stereocenters. The number of fused-ring (bicyclic) bond motifs is 30. The number of nitrogens with zero attached hydrogens (tertiary/aromatic N) is 7. The molecule has 10 nitrogen and oxygen atoms in total. The number of aryl methyl sites for hydroxylation is 3. The van der Waals surface area contributed by atoms with Gasteiger partial charge >= 0.3 is 0 Å². The summed E-state index contributed by atoms with van der Waals surface area (Å²) in [4.78, 5) is 27.7. The van der Waals surface area contributed by atoms with Crippen LogP contribution < -0.4 is 0 Å². The van der Waals surface area contributed by atoms with Crippen molar-refractivity contribution in [1.29, 1.82) is 0 Å². The molecule has 5 radical (unpaired) electrons. The second-order valence-corrected chi connectivity index (χ2v) is 30.4. The Morgan fingerprint density at radius 1 is 0.360 bits per heavy atom. The Bertz CT molecular complexity index is 7180. The minimum Gasteiger partial charge on any atom is -0.510 e. The van der Waals surface area contributed by atoms with Crippen molar-refractivity contribution in [3.05, 3.63) is 351 Å². The molecule has 114 heavy (non-hydrogen) atoms. The fourth-order valence-electron chi connectivity index (χ4n) is 15.9. The van der Waals surface area contributed by atoms with Crippen LogP contribution in [0.15, 0.2) is 306 Å². The molecule has 2 aliphatic carbocycles. The standard InChI is InChI=1S/C18H14N.C17H12N.C16H11N2.C15H8NO2S.C15H8NO.C15H8NS.Hf.5Ir/c1-18(2)14-8-4-3-7-13(14)16-15(18)10-9-12-6-5-11-19-17(12)16;1-2-6-15-12(4-1)7-8-13-9-10-14-5-3-11-18-17(14)16(13)15;1-18-13-7-3-2-6-12(13)15-14(18)9-8-11-5-4-10-17-16(11)15;17-19(18)12-6-2-1-5-11(12)14-13(19)8-7-10-4-3-9-16-15(10)14;2*1-2-6-12-11(5-1)14-13(17-12)8-7-10-4-3-9-16-15(10)14;;;;;;/h3-6,8-11H,1-2H3;1-5,9-11H,7-8H2;2-5,7-10H,1H3;1-4,6-9H;2*1-4,6-9H;;;;;;/q6*-1;;;;;;. The first-order valence-electron chi connectivity index (χ1n) is 35.7. The maximum absolute atomic E-state index is 12.5. The van der Waals surface area contributed by atoms with E-state index in [1.165, 1.54) is 103 Å². The Hall–Kier alpha value is -9.01. The average molecular weight is 2560 g/mol. The Kier molecular flexibility index (Phi) is 25.3. The van der Waals surface area contributed by atoms with Crippen LogP contribution in [0.5, 0.6) is 0 Å². The zero-order chi connectivity index (χ0) is 72.6. The second kappa shape index (κ2) is 34.8. The van der Waals surface area contributed by atoms with Crippen molar-refractivity contribution in [1.82, 2.24) is 34.5 Å². The van der Waals surface area contributed by atoms with Gasteiger partial charge in [-0.05, 0) is 124 Å². The quantitative estimate of drug-likeness (QED) is 0.108. The van der Waals surface area contributed by atoms with Crippen molar-refractivity contribution in [3.63, 3.8) is 0 Å². The molecule has 0 saturated heterocycles. The minimum atomic E-state index is -3.43. The third-order valence-electron chi connectivity index (χ3n) is 20.9. The number of hydrogen-bond donors (Lipinski definition) is 0. The zero-order valence-electron chi connectivity index (χ0n) is 61.0. The smallest absolute Gasteiger partial charge is 0.164 e. The zero-order valence-corrected chi connectivity index (χ0v) is 78.2. The molecule has 0 N–H and O–H groups in total. The predicted octanol–water partition coefficient (Wildman–Crippen LogP) is 23.0. The van der Waals surface area contributed by atoms with Gasteiger partial charge in [0.2, 0.25) is 0 Å². The van der Waals surface area contributed by atoms with Gasteiger partial charge in [0.1, 0.15) is 0 Å². The summed E-state index contributed by atoms with van der Waals surface area (Å²) in [5.41, 5.74) is 22.0. The predicted molar refractivity (Wildman–Crippen MR) is 439 cm³/mol. The first-order chi connectivity index (χ1) is 53.0. The molecule has 0 amide bonds. The minimum absolute atomic E-state index is 0. The molecular weight excluding hydrogens is 2500 g/mol. The van der Waals surface area contributed by atoms with Gasteiger partial charge in [-0.1, -0.05) is 161 Å². The fraction of sp³-hybridized carbons (Fsp3) is 0.0625. The van der Waals surface area contributed by atoms with E-state index in [0.717, 1.165) is 78.5 Å². The molecule has 3 aliphatic rings. The Balaban J connectivity index is 0.000000118. The summed E-state index contributed by atoms with van der Waals surface area (Å²) < 4.78 is 35.5. The molecule has 0 saturated carbocycles. The molecule has 0 spiro atoms. The number of furan rings is 1. The maximum atomic E-state index is 12.5. The Labute approximate surface area is 748 Å². The summed E-state index contributed by atoms with van der Waals surface area (Å²) in [6.07, 6.45) is 13.2. The van der Waals surface area contributed by atoms with Crippen LogP contribution in [-0.2, 0) is 162 Å². The van der Waals surface area contributed by atoms with Gasteiger partial charge in [-0.2, -0.15) is 11.3 Å². The van der Waals surface area contributed by atoms with E-state index in [4.69, 9.17) is 4.42 Å². The molecule has 21 aromatic rings. The topological polar surface area (TPSA) is 130 Å². The van der Waals surface area contributed by atoms with Crippen molar-refractivity contribution in [2.75, 3.05) is 0 Å². The van der Waals surface area contributed by atoms with E-state index < -0.39 is 9.84 Å². The van der Waals surface area contributed by atoms with Crippen LogP contribution in [0.4, 0.5) is 0 Å². The van der Waals surface area contributed by atoms with Gasteiger partial charge in [-0.15, -0.1) is 184 Å². The van der Waals surface area contributed by atoms with Crippen molar-refractivity contribution in [2.45, 2.75) is 41.9 Å². The summed E-state index contributed by atoms with van der Waals surface area (Å²) in [5.74, 6) is 0. The van der Waals surface area contributed by atoms with E-state index in [1.807, 2.05) is 140 Å². The Morgan fingerprint density at radius 2 is 0.833 bits per heavy atom. The first-order valence-corrected chi connectivity index (χ1v) is 38.0. The van der Waals surface area contributed by atoms with E-state index >= 15 is 0 Å². The van der Waals surface area contributed by atoms with Crippen LogP contribution in [0, 0.1) is 36.4 Å². The molecule has 0 fully saturated rings. The molecule has 1 aliphatic heterocycles. The number of pyridine rings is 6. The summed E-state index contributed by atoms with van der Waals surface area (Å²) in [5, 5.41) is 13.7. The number of benzene rings is 12. The van der Waals surface area contributed by atoms with Crippen LogP contribution in [0.2, 0.25) is 0 Å². The monoisotopic (exact) mass is 2570 g/mol. The third kappa shape index (κ3) is 14.7. The molecular formula is C96H61HfIr5N7O3S2-6. The van der Waals surface area contributed by atoms with Gasteiger partial charge in [-0.3, -0.25) is 29.9 Å². The normalized spacial score (nSPS) is 12.4. The van der Waals surface area contributed by atoms with Gasteiger partial charge in [-0.25, -0.2) is 8.42 Å². The average Bonchev–Trinajstić information content (AvgIpc) is 1.56. The SMILES string of the molecule is CC1(C)c2ccc[c-]c2-c2c1ccc1cccnc21.Cn1c2ccc[c-]c2c2c3ncccc3ccc21.O=S1(=O)c2ccc[c-]c2-c2c1ccc1cccnc21.[Hf].[Ir].[Ir].[Ir].[Ir].[Ir].[c-]1cccc2c1-c1c(ccc3cccnc13)CC2.[c-]1cccc2oc3ccc4cccnc4c3c12.[c-]1cccc2sc3ccc4cccnc4c3c12. The molecule has 12 aromatic carbocycles. The summed E-state index contributed by atoms with van der Waals surface area (Å²) in [6.45, 7) is 4.56. The number of thiophene rings is 1. The van der Waals surface area contributed by atoms with Crippen molar-refractivity contribution >= 4 is 151 Å². The maximum Gasteiger partial charge on any atom is 0.164 e. The van der Waals surface area contributed by atoms with Crippen LogP contribution in [0.25, 0.3) is 163 Å². The fourth-order valence-corrected chi connectivity index (χ4v) is 18.6. The van der Waals surface area contributed by atoms with Crippen molar-refractivity contribution in [2.24, 2.45) is 7.05 Å². The van der Waals surface area contributed by atoms with Crippen LogP contribution >= 0.6 is 11.3 Å². The van der Waals surface area contributed by atoms with E-state index in [-0.39, 0.29) is 132 Å². The molecule has 9 aromatic heterocycles. The van der Waals surface area contributed by atoms with Gasteiger partial charge in [0, 0.05) is 214 Å². The third-order valence-corrected chi connectivity index (χ3v) is 23.9. The molecule has 10 heterocycles. The van der Waals surface area contributed by atoms with Crippen LogP contribution in [-0.4, -0.2) is 42.9 Å². The van der Waals surface area contributed by atoms with Gasteiger partial charge in [0.25, 0.3) is 0 Å². The Morgan fingerprint density at radius 3 is 1.50 bits per heavy atom. The first kappa shape index (κ1) is 83.0. The van der Waals surface area contributed by atoms with Crippen LogP contribution in [0.1, 0.15) is 36.1 Å². The van der Waals surface area contributed by atoms with Gasteiger partial charge < -0.3 is 8.98 Å². The molecule has 0 unspecified atom stereocenters. The molecule has 565 valence electrons. The summed E-state index contributed by atoms with van der Waals surface area (Å²) in [7, 11) is -1.34. The number of hydrogen-bond acceptors (Lipinski definition) is 10. The van der Waals surface area contributed by atoms with Crippen molar-refractivity contribution in [3.8, 4) is 33.4 Å². The van der Waals surface area contributed by atoms with E-state index in [0.29, 0.717) is 26.4 Å². The van der Waals surface area contributed by atoms with Gasteiger partial charge in [0.15, 0.2) is 9.84 Å². The second-order valence-electron chi connectivity index (χ2n) is 27.4. The molecule has 0 bridgehead atoms. The largest absolute Gasteiger partial charge is 0.510 e. The molecule has 18 heteroatoms. The number of rotatable bonds is 0. The van der Waals surface area contributed by atoms with Crippen LogP contribution in [0.3, 0.4) is 0 Å².